The summed E-state index contributed by atoms with van der Waals surface area (Å²) in [4.78, 5) is 36.8. The molecule has 1 saturated heterocycles. The minimum atomic E-state index is -5.82. The summed E-state index contributed by atoms with van der Waals surface area (Å²) in [6, 6.07) is 0. The molecule has 0 spiro atoms. The van der Waals surface area contributed by atoms with Crippen LogP contribution in [-0.2, 0) is 38.7 Å². The van der Waals surface area contributed by atoms with Crippen LogP contribution in [0.25, 0.3) is 0 Å². The van der Waals surface area contributed by atoms with Crippen molar-refractivity contribution in [2.75, 3.05) is 0 Å². The molecule has 2 bridgehead atoms. The van der Waals surface area contributed by atoms with E-state index in [-0.39, 0.29) is 12.8 Å². The molecule has 10 nitrogen and oxygen atoms in total. The zero-order chi connectivity index (χ0) is 24.8. The van der Waals surface area contributed by atoms with Gasteiger partial charge >= 0.3 is 33.3 Å². The van der Waals surface area contributed by atoms with E-state index in [0.29, 0.717) is 6.92 Å². The van der Waals surface area contributed by atoms with Gasteiger partial charge in [0, 0.05) is 12.3 Å². The summed E-state index contributed by atoms with van der Waals surface area (Å²) in [6.45, 7) is 6.16. The second-order valence-corrected chi connectivity index (χ2v) is 10.5. The van der Waals surface area contributed by atoms with Gasteiger partial charge in [0.05, 0.1) is 23.4 Å². The Bertz CT molecular complexity index is 866. The van der Waals surface area contributed by atoms with E-state index in [1.54, 1.807) is 0 Å². The van der Waals surface area contributed by atoms with Crippen LogP contribution in [0.15, 0.2) is 0 Å². The van der Waals surface area contributed by atoms with Gasteiger partial charge in [-0.25, -0.2) is 0 Å². The fourth-order valence-electron chi connectivity index (χ4n) is 3.88. The molecule has 0 aromatic heterocycles. The molecule has 1 aliphatic carbocycles. The largest absolute Gasteiger partial charge is 0.458 e. The lowest BCUT2D eigenvalue weighted by Gasteiger charge is -2.38. The van der Waals surface area contributed by atoms with E-state index in [9.17, 15) is 36.7 Å². The van der Waals surface area contributed by atoms with Crippen molar-refractivity contribution in [3.8, 4) is 0 Å². The first-order valence-corrected chi connectivity index (χ1v) is 11.5. The van der Waals surface area contributed by atoms with Gasteiger partial charge in [-0.2, -0.15) is 17.2 Å². The number of aliphatic hydroxyl groups is 1. The van der Waals surface area contributed by atoms with Crippen molar-refractivity contribution in [3.63, 3.8) is 0 Å². The Balaban J connectivity index is 2.04. The van der Waals surface area contributed by atoms with Crippen molar-refractivity contribution in [2.24, 2.45) is 23.7 Å². The molecule has 2 rings (SSSR count). The molecule has 7 unspecified atom stereocenters. The molecule has 0 amide bonds. The van der Waals surface area contributed by atoms with Crippen LogP contribution in [0.2, 0.25) is 0 Å². The van der Waals surface area contributed by atoms with Gasteiger partial charge in [0.25, 0.3) is 0 Å². The number of fused-ring (bicyclic) bond motifs is 2. The molecular weight excluding hydrogens is 458 g/mol. The van der Waals surface area contributed by atoms with Crippen LogP contribution in [0.3, 0.4) is 0 Å². The predicted octanol–water partition coefficient (Wildman–Crippen LogP) is 1.31. The van der Waals surface area contributed by atoms with Crippen molar-refractivity contribution in [1.29, 1.82) is 0 Å². The van der Waals surface area contributed by atoms with Crippen LogP contribution in [0.5, 0.6) is 0 Å². The third kappa shape index (κ3) is 5.20. The second kappa shape index (κ2) is 8.82. The van der Waals surface area contributed by atoms with E-state index >= 15 is 0 Å². The van der Waals surface area contributed by atoms with Gasteiger partial charge in [-0.1, -0.05) is 13.8 Å². The van der Waals surface area contributed by atoms with Crippen LogP contribution < -0.4 is 0 Å². The fraction of sp³-hybridized carbons (Fsp3) is 0.842. The molecule has 13 heteroatoms. The van der Waals surface area contributed by atoms with Crippen molar-refractivity contribution in [1.82, 2.24) is 0 Å². The maximum absolute atomic E-state index is 13.6. The summed E-state index contributed by atoms with van der Waals surface area (Å²) in [5.74, 6) is -6.18. The number of ether oxygens (including phenoxy) is 3. The second-order valence-electron chi connectivity index (χ2n) is 8.98. The molecule has 0 aromatic carbocycles. The smallest absolute Gasteiger partial charge is 0.405 e. The molecule has 184 valence electrons. The Hall–Kier alpha value is -1.86. The molecule has 7 atom stereocenters. The van der Waals surface area contributed by atoms with Gasteiger partial charge in [-0.15, -0.1) is 0 Å². The average Bonchev–Trinajstić information content (AvgIpc) is 2.96. The highest BCUT2D eigenvalue weighted by atomic mass is 32.2. The summed E-state index contributed by atoms with van der Waals surface area (Å²) in [5.41, 5.74) is -1.24. The van der Waals surface area contributed by atoms with Gasteiger partial charge in [0.2, 0.25) is 0 Å². The van der Waals surface area contributed by atoms with Gasteiger partial charge in [0.1, 0.15) is 12.2 Å². The number of carbonyl (C=O) groups is 3. The number of esters is 3. The van der Waals surface area contributed by atoms with E-state index in [0.717, 1.165) is 0 Å². The summed E-state index contributed by atoms with van der Waals surface area (Å²) in [7, 11) is -5.82. The number of rotatable bonds is 8. The van der Waals surface area contributed by atoms with Gasteiger partial charge in [-0.3, -0.25) is 18.9 Å². The van der Waals surface area contributed by atoms with Gasteiger partial charge in [0.15, 0.2) is 6.10 Å². The minimum absolute atomic E-state index is 0.152. The average molecular weight is 486 g/mol. The molecule has 2 fully saturated rings. The summed E-state index contributed by atoms with van der Waals surface area (Å²) >= 11 is 0. The number of hydrogen-bond donors (Lipinski definition) is 2. The molecule has 0 radical (unpaired) electrons. The Labute approximate surface area is 184 Å². The predicted molar refractivity (Wildman–Crippen MR) is 103 cm³/mol. The number of hydrogen-bond acceptors (Lipinski definition) is 9. The Morgan fingerprint density at radius 2 is 1.66 bits per heavy atom. The summed E-state index contributed by atoms with van der Waals surface area (Å²) in [6.07, 6.45) is -3.65. The lowest BCUT2D eigenvalue weighted by Crippen LogP contribution is -2.46. The number of alkyl halides is 2. The summed E-state index contributed by atoms with van der Waals surface area (Å²) < 4.78 is 72.5. The molecule has 1 saturated carbocycles. The highest BCUT2D eigenvalue weighted by Gasteiger charge is 2.55. The summed E-state index contributed by atoms with van der Waals surface area (Å²) in [5, 5.41) is 5.64. The van der Waals surface area contributed by atoms with Crippen LogP contribution >= 0.6 is 0 Å². The first kappa shape index (κ1) is 26.4. The normalized spacial score (nSPS) is 29.0. The van der Waals surface area contributed by atoms with Crippen molar-refractivity contribution in [2.45, 2.75) is 76.6 Å². The van der Waals surface area contributed by atoms with Crippen LogP contribution in [0.1, 0.15) is 47.5 Å². The van der Waals surface area contributed by atoms with Crippen LogP contribution in [-0.4, -0.2) is 65.2 Å². The van der Waals surface area contributed by atoms with E-state index in [2.05, 4.69) is 4.74 Å². The molecule has 0 aromatic rings. The van der Waals surface area contributed by atoms with Gasteiger partial charge in [-0.05, 0) is 27.2 Å². The highest BCUT2D eigenvalue weighted by Crippen LogP contribution is 2.44. The zero-order valence-electron chi connectivity index (χ0n) is 18.3. The lowest BCUT2D eigenvalue weighted by atomic mass is 9.71. The zero-order valence-corrected chi connectivity index (χ0v) is 19.1. The third-order valence-corrected chi connectivity index (χ3v) is 7.24. The monoisotopic (exact) mass is 486 g/mol. The van der Waals surface area contributed by atoms with E-state index in [1.165, 1.54) is 27.7 Å². The SMILES string of the molecule is CC(C(=O)OC1CC(C(C)(C)O)C2CC1OC2=O)C(C)C(=O)OC(C)C(F)(F)S(=O)(=O)O. The molecule has 1 heterocycles. The Morgan fingerprint density at radius 3 is 2.16 bits per heavy atom. The molecular formula is C19H28F2O10S. The Morgan fingerprint density at radius 1 is 1.12 bits per heavy atom. The Kier molecular flexibility index (Phi) is 7.28. The van der Waals surface area contributed by atoms with Crippen molar-refractivity contribution >= 4 is 28.0 Å². The van der Waals surface area contributed by atoms with Crippen molar-refractivity contribution < 1.29 is 55.5 Å². The van der Waals surface area contributed by atoms with Crippen LogP contribution in [0, 0.1) is 23.7 Å². The van der Waals surface area contributed by atoms with E-state index in [4.69, 9.17) is 14.0 Å². The maximum atomic E-state index is 13.6. The number of halogens is 2. The van der Waals surface area contributed by atoms with E-state index < -0.39 is 80.9 Å². The van der Waals surface area contributed by atoms with E-state index in [1.807, 2.05) is 0 Å². The van der Waals surface area contributed by atoms with Crippen LogP contribution in [0.4, 0.5) is 8.78 Å². The lowest BCUT2D eigenvalue weighted by molar-refractivity contribution is -0.175. The molecule has 2 aliphatic rings. The first-order valence-electron chi connectivity index (χ1n) is 10.1. The first-order chi connectivity index (χ1) is 14.4. The molecule has 1 aliphatic heterocycles. The third-order valence-electron chi connectivity index (χ3n) is 6.22. The molecule has 32 heavy (non-hydrogen) atoms. The topological polar surface area (TPSA) is 154 Å². The molecule has 2 N–H and O–H groups in total. The highest BCUT2D eigenvalue weighted by molar-refractivity contribution is 7.86. The standard InChI is InChI=1S/C19H28F2O10S/c1-8(15(22)29-10(3)19(20,21)32(26,27)28)9(2)16(23)30-14-7-12(18(4,5)25)11-6-13(14)31-17(11)24/h8-14,25H,6-7H2,1-5H3,(H,26,27,28). The number of carbonyl (C=O) groups excluding carboxylic acids is 3. The van der Waals surface area contributed by atoms with Gasteiger partial charge < -0.3 is 19.3 Å². The quantitative estimate of drug-likeness (QED) is 0.292. The minimum Gasteiger partial charge on any atom is -0.458 e. The maximum Gasteiger partial charge on any atom is 0.405 e. The van der Waals surface area contributed by atoms with Crippen molar-refractivity contribution in [3.05, 3.63) is 0 Å². The fourth-order valence-corrected chi connectivity index (χ4v) is 4.35.